The first kappa shape index (κ1) is 27.1. The van der Waals surface area contributed by atoms with Crippen LogP contribution in [0.1, 0.15) is 34.6 Å². The Hall–Kier alpha value is 1.04. The largest absolute Gasteiger partial charge is 0.455 e. The minimum Gasteiger partial charge on any atom is -0.291 e. The highest BCUT2D eigenvalue weighted by molar-refractivity contribution is 8.52. The van der Waals surface area contributed by atoms with Gasteiger partial charge in [0.1, 0.15) is 8.75 Å². The lowest BCUT2D eigenvalue weighted by molar-refractivity contribution is 0.220. The molecule has 2 fully saturated rings. The van der Waals surface area contributed by atoms with E-state index in [1.54, 1.807) is 74.7 Å². The standard InChI is InChI=1S/C8H16NO3PS2.C6H12NO3PS2/c1-4-11-13(10,12-5-2)9-8-14-6-7(3)15-8;1-3-9-11(8,10-4-2)7-6-12-5-13-6/h7H,4-6H2,1-3H3;3-5H2,1-2H3/b9-8+;. The van der Waals surface area contributed by atoms with Crippen molar-refractivity contribution in [3.8, 4) is 0 Å². The third kappa shape index (κ3) is 10.4. The van der Waals surface area contributed by atoms with Crippen LogP contribution in [0.15, 0.2) is 9.53 Å². The molecule has 28 heavy (non-hydrogen) atoms. The van der Waals surface area contributed by atoms with E-state index in [4.69, 9.17) is 18.1 Å². The fourth-order valence-corrected chi connectivity index (χ4v) is 8.92. The van der Waals surface area contributed by atoms with E-state index in [1.165, 1.54) is 0 Å². The van der Waals surface area contributed by atoms with Gasteiger partial charge in [-0.15, -0.1) is 0 Å². The smallest absolute Gasteiger partial charge is 0.291 e. The summed E-state index contributed by atoms with van der Waals surface area (Å²) in [5, 5.41) is 1.49. The van der Waals surface area contributed by atoms with Gasteiger partial charge in [0.15, 0.2) is 0 Å². The van der Waals surface area contributed by atoms with Gasteiger partial charge in [0.2, 0.25) is 0 Å². The molecule has 0 spiro atoms. The summed E-state index contributed by atoms with van der Waals surface area (Å²) >= 11 is 6.36. The van der Waals surface area contributed by atoms with Crippen LogP contribution in [0.5, 0.6) is 0 Å². The lowest BCUT2D eigenvalue weighted by Gasteiger charge is -2.17. The number of hydrogen-bond donors (Lipinski definition) is 0. The molecule has 14 heteroatoms. The molecule has 164 valence electrons. The molecule has 0 radical (unpaired) electrons. The summed E-state index contributed by atoms with van der Waals surface area (Å²) in [6, 6.07) is 0. The fourth-order valence-electron chi connectivity index (χ4n) is 1.69. The molecule has 1 unspecified atom stereocenters. The molecule has 0 saturated carbocycles. The molecule has 0 aromatic rings. The zero-order valence-electron chi connectivity index (χ0n) is 16.7. The van der Waals surface area contributed by atoms with Crippen molar-refractivity contribution in [2.24, 2.45) is 9.53 Å². The minimum absolute atomic E-state index is 0.346. The van der Waals surface area contributed by atoms with Crippen molar-refractivity contribution in [2.75, 3.05) is 37.3 Å². The van der Waals surface area contributed by atoms with Crippen molar-refractivity contribution in [3.05, 3.63) is 0 Å². The van der Waals surface area contributed by atoms with Gasteiger partial charge >= 0.3 is 15.5 Å². The molecule has 1 atom stereocenters. The monoisotopic (exact) mass is 510 g/mol. The molecular weight excluding hydrogens is 482 g/mol. The Morgan fingerprint density at radius 2 is 1.25 bits per heavy atom. The third-order valence-corrected chi connectivity index (χ3v) is 11.5. The Morgan fingerprint density at radius 1 is 0.821 bits per heavy atom. The highest BCUT2D eigenvalue weighted by Gasteiger charge is 2.28. The summed E-state index contributed by atoms with van der Waals surface area (Å²) < 4.78 is 53.6. The van der Waals surface area contributed by atoms with E-state index in [2.05, 4.69) is 16.4 Å². The van der Waals surface area contributed by atoms with Crippen molar-refractivity contribution in [3.63, 3.8) is 0 Å². The van der Waals surface area contributed by atoms with Crippen LogP contribution in [-0.2, 0) is 27.2 Å². The van der Waals surface area contributed by atoms with Crippen molar-refractivity contribution >= 4 is 71.3 Å². The average Bonchev–Trinajstić information content (AvgIpc) is 2.97. The van der Waals surface area contributed by atoms with Crippen molar-refractivity contribution in [2.45, 2.75) is 39.9 Å². The maximum Gasteiger partial charge on any atom is 0.455 e. The van der Waals surface area contributed by atoms with E-state index < -0.39 is 15.5 Å². The van der Waals surface area contributed by atoms with Crippen LogP contribution in [0, 0.1) is 0 Å². The molecule has 2 aliphatic heterocycles. The Kier molecular flexibility index (Phi) is 13.7. The van der Waals surface area contributed by atoms with Gasteiger partial charge in [-0.3, -0.25) is 18.1 Å². The molecule has 2 heterocycles. The van der Waals surface area contributed by atoms with E-state index in [0.717, 1.165) is 19.6 Å². The highest BCUT2D eigenvalue weighted by Crippen LogP contribution is 2.53. The lowest BCUT2D eigenvalue weighted by atomic mass is 10.6. The number of hydrogen-bond acceptors (Lipinski definition) is 10. The van der Waals surface area contributed by atoms with Gasteiger partial charge in [0, 0.05) is 11.0 Å². The molecule has 0 amide bonds. The van der Waals surface area contributed by atoms with Crippen LogP contribution in [0.3, 0.4) is 0 Å². The molecule has 0 aromatic heterocycles. The molecular formula is C14H28N2O6P2S4. The first-order chi connectivity index (χ1) is 13.3. The van der Waals surface area contributed by atoms with E-state index in [-0.39, 0.29) is 0 Å². The quantitative estimate of drug-likeness (QED) is 0.309. The van der Waals surface area contributed by atoms with Crippen molar-refractivity contribution in [1.82, 2.24) is 0 Å². The minimum atomic E-state index is -3.25. The van der Waals surface area contributed by atoms with Crippen molar-refractivity contribution < 1.29 is 27.2 Å². The summed E-state index contributed by atoms with van der Waals surface area (Å²) in [6.07, 6.45) is 0. The van der Waals surface area contributed by atoms with Crippen LogP contribution < -0.4 is 0 Å². The van der Waals surface area contributed by atoms with Crippen LogP contribution in [0.2, 0.25) is 0 Å². The molecule has 2 saturated heterocycles. The number of thioether (sulfide) groups is 4. The second kappa shape index (κ2) is 14.2. The van der Waals surface area contributed by atoms with E-state index in [9.17, 15) is 9.13 Å². The van der Waals surface area contributed by atoms with Gasteiger partial charge in [0.25, 0.3) is 0 Å². The van der Waals surface area contributed by atoms with Gasteiger partial charge in [-0.05, 0) is 27.7 Å². The first-order valence-corrected chi connectivity index (χ1v) is 15.7. The molecule has 0 aliphatic carbocycles. The van der Waals surface area contributed by atoms with Crippen LogP contribution in [0.4, 0.5) is 0 Å². The second-order valence-electron chi connectivity index (χ2n) is 4.99. The number of nitrogens with zero attached hydrogens (tertiary/aromatic N) is 2. The molecule has 2 aliphatic rings. The average molecular weight is 511 g/mol. The highest BCUT2D eigenvalue weighted by atomic mass is 32.3. The summed E-state index contributed by atoms with van der Waals surface area (Å²) in [4.78, 5) is 0. The SMILES string of the molecule is CCOP(=O)(/N=C1\SCC(C)S1)OCC.CCOP(=O)(N=C1SCS1)OCC. The zero-order chi connectivity index (χ0) is 21.0. The topological polar surface area (TPSA) is 95.8 Å². The van der Waals surface area contributed by atoms with Crippen LogP contribution >= 0.6 is 62.5 Å². The second-order valence-corrected chi connectivity index (χ2v) is 13.5. The summed E-state index contributed by atoms with van der Waals surface area (Å²) in [5.41, 5.74) is 0. The Balaban J connectivity index is 0.000000283. The van der Waals surface area contributed by atoms with Gasteiger partial charge in [0.05, 0.1) is 31.5 Å². The van der Waals surface area contributed by atoms with Crippen molar-refractivity contribution in [1.29, 1.82) is 0 Å². The van der Waals surface area contributed by atoms with Gasteiger partial charge in [-0.1, -0.05) is 54.0 Å². The summed E-state index contributed by atoms with van der Waals surface area (Å²) in [6.45, 7) is 10.6. The van der Waals surface area contributed by atoms with Crippen LogP contribution in [-0.4, -0.2) is 51.3 Å². The maximum absolute atomic E-state index is 12.0. The molecule has 8 nitrogen and oxygen atoms in total. The molecule has 2 rings (SSSR count). The summed E-state index contributed by atoms with van der Waals surface area (Å²) in [5.74, 6) is 1.00. The zero-order valence-corrected chi connectivity index (χ0v) is 21.7. The number of rotatable bonds is 10. The molecule has 0 aromatic carbocycles. The predicted octanol–water partition coefficient (Wildman–Crippen LogP) is 6.35. The first-order valence-electron chi connectivity index (χ1n) is 8.83. The molecule has 0 N–H and O–H groups in total. The van der Waals surface area contributed by atoms with E-state index in [1.807, 2.05) is 0 Å². The lowest BCUT2D eigenvalue weighted by Crippen LogP contribution is -2.01. The summed E-state index contributed by atoms with van der Waals surface area (Å²) in [7, 11) is -6.44. The van der Waals surface area contributed by atoms with E-state index >= 15 is 0 Å². The Labute approximate surface area is 184 Å². The Morgan fingerprint density at radius 3 is 1.54 bits per heavy atom. The van der Waals surface area contributed by atoms with Gasteiger partial charge in [-0.2, -0.15) is 9.53 Å². The Bertz CT molecular complexity index is 611. The predicted molar refractivity (Wildman–Crippen MR) is 126 cm³/mol. The van der Waals surface area contributed by atoms with E-state index in [0.29, 0.717) is 31.7 Å². The van der Waals surface area contributed by atoms with Crippen LogP contribution in [0.25, 0.3) is 0 Å². The van der Waals surface area contributed by atoms with Gasteiger partial charge < -0.3 is 0 Å². The maximum atomic E-state index is 12.0. The normalized spacial score (nSPS) is 21.2. The van der Waals surface area contributed by atoms with Gasteiger partial charge in [-0.25, -0.2) is 9.13 Å². The third-order valence-electron chi connectivity index (χ3n) is 2.69. The molecule has 0 bridgehead atoms. The fraction of sp³-hybridized carbons (Fsp3) is 0.857.